The largest absolute Gasteiger partial charge is 0.491 e. The van der Waals surface area contributed by atoms with E-state index in [1.165, 1.54) is 5.56 Å². The second kappa shape index (κ2) is 6.62. The molecule has 3 heteroatoms. The lowest BCUT2D eigenvalue weighted by atomic mass is 10.1. The van der Waals surface area contributed by atoms with Gasteiger partial charge in [0.1, 0.15) is 12.4 Å². The van der Waals surface area contributed by atoms with E-state index in [0.29, 0.717) is 13.2 Å². The monoisotopic (exact) mass is 237 g/mol. The lowest BCUT2D eigenvalue weighted by Gasteiger charge is -2.20. The maximum Gasteiger partial charge on any atom is 0.119 e. The van der Waals surface area contributed by atoms with E-state index in [-0.39, 0.29) is 5.54 Å². The van der Waals surface area contributed by atoms with Crippen LogP contribution in [0.25, 0.3) is 0 Å². The fourth-order valence-corrected chi connectivity index (χ4v) is 1.36. The second-order valence-electron chi connectivity index (χ2n) is 5.09. The SMILES string of the molecule is COCCOc1cccc(CNC(C)(C)C)c1. The van der Waals surface area contributed by atoms with Gasteiger partial charge in [0.2, 0.25) is 0 Å². The topological polar surface area (TPSA) is 30.5 Å². The summed E-state index contributed by atoms with van der Waals surface area (Å²) in [7, 11) is 1.67. The van der Waals surface area contributed by atoms with Crippen LogP contribution in [0.5, 0.6) is 5.75 Å². The van der Waals surface area contributed by atoms with Crippen molar-refractivity contribution >= 4 is 0 Å². The molecular weight excluding hydrogens is 214 g/mol. The highest BCUT2D eigenvalue weighted by Crippen LogP contribution is 2.14. The maximum atomic E-state index is 5.57. The van der Waals surface area contributed by atoms with Crippen molar-refractivity contribution in [1.82, 2.24) is 5.32 Å². The molecule has 17 heavy (non-hydrogen) atoms. The van der Waals surface area contributed by atoms with Crippen molar-refractivity contribution in [3.05, 3.63) is 29.8 Å². The lowest BCUT2D eigenvalue weighted by Crippen LogP contribution is -2.35. The van der Waals surface area contributed by atoms with Gasteiger partial charge in [-0.25, -0.2) is 0 Å². The molecule has 0 radical (unpaired) electrons. The number of methoxy groups -OCH3 is 1. The summed E-state index contributed by atoms with van der Waals surface area (Å²) in [6.45, 7) is 8.53. The molecule has 0 aliphatic rings. The first-order valence-corrected chi connectivity index (χ1v) is 5.97. The predicted molar refractivity (Wildman–Crippen MR) is 70.4 cm³/mol. The minimum atomic E-state index is 0.132. The molecule has 0 amide bonds. The van der Waals surface area contributed by atoms with Gasteiger partial charge in [-0.1, -0.05) is 12.1 Å². The van der Waals surface area contributed by atoms with Gasteiger partial charge in [-0.05, 0) is 38.5 Å². The molecule has 0 aromatic heterocycles. The highest BCUT2D eigenvalue weighted by molar-refractivity contribution is 5.28. The number of benzene rings is 1. The van der Waals surface area contributed by atoms with Crippen molar-refractivity contribution in [1.29, 1.82) is 0 Å². The van der Waals surface area contributed by atoms with Gasteiger partial charge < -0.3 is 14.8 Å². The van der Waals surface area contributed by atoms with Gasteiger partial charge in [-0.15, -0.1) is 0 Å². The van der Waals surface area contributed by atoms with E-state index in [2.05, 4.69) is 38.2 Å². The summed E-state index contributed by atoms with van der Waals surface area (Å²) in [6, 6.07) is 8.15. The highest BCUT2D eigenvalue weighted by Gasteiger charge is 2.08. The van der Waals surface area contributed by atoms with E-state index >= 15 is 0 Å². The fraction of sp³-hybridized carbons (Fsp3) is 0.571. The van der Waals surface area contributed by atoms with E-state index in [0.717, 1.165) is 12.3 Å². The van der Waals surface area contributed by atoms with E-state index in [1.54, 1.807) is 7.11 Å². The number of hydrogen-bond acceptors (Lipinski definition) is 3. The van der Waals surface area contributed by atoms with Gasteiger partial charge in [-0.2, -0.15) is 0 Å². The van der Waals surface area contributed by atoms with Crippen molar-refractivity contribution in [3.8, 4) is 5.75 Å². The smallest absolute Gasteiger partial charge is 0.119 e. The normalized spacial score (nSPS) is 11.5. The summed E-state index contributed by atoms with van der Waals surface area (Å²) < 4.78 is 10.5. The van der Waals surface area contributed by atoms with Crippen molar-refractivity contribution < 1.29 is 9.47 Å². The minimum Gasteiger partial charge on any atom is -0.491 e. The van der Waals surface area contributed by atoms with Crippen LogP contribution in [0, 0.1) is 0 Å². The fourth-order valence-electron chi connectivity index (χ4n) is 1.36. The molecule has 1 N–H and O–H groups in total. The number of rotatable bonds is 6. The van der Waals surface area contributed by atoms with Crippen molar-refractivity contribution in [3.63, 3.8) is 0 Å². The Kier molecular flexibility index (Phi) is 5.45. The summed E-state index contributed by atoms with van der Waals surface area (Å²) in [4.78, 5) is 0. The third-order valence-corrected chi connectivity index (χ3v) is 2.28. The second-order valence-corrected chi connectivity index (χ2v) is 5.09. The summed E-state index contributed by atoms with van der Waals surface area (Å²) in [5.41, 5.74) is 1.36. The van der Waals surface area contributed by atoms with Gasteiger partial charge in [0.05, 0.1) is 6.61 Å². The van der Waals surface area contributed by atoms with Crippen LogP contribution in [-0.2, 0) is 11.3 Å². The molecule has 0 bridgehead atoms. The molecule has 3 nitrogen and oxygen atoms in total. The van der Waals surface area contributed by atoms with Crippen molar-refractivity contribution in [2.45, 2.75) is 32.9 Å². The third-order valence-electron chi connectivity index (χ3n) is 2.28. The zero-order valence-electron chi connectivity index (χ0n) is 11.2. The van der Waals surface area contributed by atoms with Crippen LogP contribution in [0.15, 0.2) is 24.3 Å². The van der Waals surface area contributed by atoms with Gasteiger partial charge >= 0.3 is 0 Å². The van der Waals surface area contributed by atoms with Crippen LogP contribution in [0.4, 0.5) is 0 Å². The molecule has 0 saturated heterocycles. The van der Waals surface area contributed by atoms with Crippen LogP contribution >= 0.6 is 0 Å². The molecule has 96 valence electrons. The summed E-state index contributed by atoms with van der Waals surface area (Å²) in [6.07, 6.45) is 0. The first-order chi connectivity index (χ1) is 8.01. The minimum absolute atomic E-state index is 0.132. The molecule has 0 unspecified atom stereocenters. The Morgan fingerprint density at radius 1 is 1.18 bits per heavy atom. The number of ether oxygens (including phenoxy) is 2. The zero-order valence-corrected chi connectivity index (χ0v) is 11.2. The Hall–Kier alpha value is -1.06. The average Bonchev–Trinajstić information content (AvgIpc) is 2.27. The molecule has 1 rings (SSSR count). The van der Waals surface area contributed by atoms with Gasteiger partial charge in [0.25, 0.3) is 0 Å². The van der Waals surface area contributed by atoms with E-state index < -0.39 is 0 Å². The van der Waals surface area contributed by atoms with Crippen LogP contribution < -0.4 is 10.1 Å². The lowest BCUT2D eigenvalue weighted by molar-refractivity contribution is 0.146. The van der Waals surface area contributed by atoms with Crippen LogP contribution in [0.2, 0.25) is 0 Å². The zero-order chi connectivity index (χ0) is 12.7. The Bertz CT molecular complexity index is 331. The average molecular weight is 237 g/mol. The van der Waals surface area contributed by atoms with E-state index in [4.69, 9.17) is 9.47 Å². The molecule has 0 atom stereocenters. The van der Waals surface area contributed by atoms with Crippen LogP contribution in [0.1, 0.15) is 26.3 Å². The molecule has 0 aliphatic heterocycles. The predicted octanol–water partition coefficient (Wildman–Crippen LogP) is 2.60. The van der Waals surface area contributed by atoms with E-state index in [9.17, 15) is 0 Å². The summed E-state index contributed by atoms with van der Waals surface area (Å²) >= 11 is 0. The number of nitrogens with one attached hydrogen (secondary N) is 1. The van der Waals surface area contributed by atoms with Crippen molar-refractivity contribution in [2.24, 2.45) is 0 Å². The Balaban J connectivity index is 2.48. The Morgan fingerprint density at radius 2 is 1.94 bits per heavy atom. The summed E-state index contributed by atoms with van der Waals surface area (Å²) in [5.74, 6) is 0.898. The first kappa shape index (κ1) is 14.0. The Labute approximate surface area is 104 Å². The summed E-state index contributed by atoms with van der Waals surface area (Å²) in [5, 5.41) is 3.45. The maximum absolute atomic E-state index is 5.57. The molecular formula is C14H23NO2. The molecule has 0 fully saturated rings. The van der Waals surface area contributed by atoms with Gasteiger partial charge in [0.15, 0.2) is 0 Å². The van der Waals surface area contributed by atoms with Gasteiger partial charge in [-0.3, -0.25) is 0 Å². The molecule has 0 saturated carbocycles. The molecule has 0 spiro atoms. The number of hydrogen-bond donors (Lipinski definition) is 1. The highest BCUT2D eigenvalue weighted by atomic mass is 16.5. The van der Waals surface area contributed by atoms with Gasteiger partial charge in [0, 0.05) is 19.2 Å². The van der Waals surface area contributed by atoms with Crippen LogP contribution in [-0.4, -0.2) is 25.9 Å². The molecule has 1 aromatic carbocycles. The van der Waals surface area contributed by atoms with Crippen LogP contribution in [0.3, 0.4) is 0 Å². The standard InChI is InChI=1S/C14H23NO2/c1-14(2,3)15-11-12-6-5-7-13(10-12)17-9-8-16-4/h5-7,10,15H,8-9,11H2,1-4H3. The molecule has 0 heterocycles. The first-order valence-electron chi connectivity index (χ1n) is 5.97. The van der Waals surface area contributed by atoms with E-state index in [1.807, 2.05) is 12.1 Å². The molecule has 1 aromatic rings. The quantitative estimate of drug-likeness (QED) is 0.771. The Morgan fingerprint density at radius 3 is 2.59 bits per heavy atom. The third kappa shape index (κ3) is 6.29. The van der Waals surface area contributed by atoms with Crippen molar-refractivity contribution in [2.75, 3.05) is 20.3 Å². The molecule has 0 aliphatic carbocycles.